The van der Waals surface area contributed by atoms with Crippen LogP contribution in [0.15, 0.2) is 18.2 Å². The third-order valence-corrected chi connectivity index (χ3v) is 4.52. The molecule has 1 unspecified atom stereocenters. The first-order valence-corrected chi connectivity index (χ1v) is 7.57. The summed E-state index contributed by atoms with van der Waals surface area (Å²) < 4.78 is 0. The Bertz CT molecular complexity index is 440. The first-order chi connectivity index (χ1) is 8.89. The molecule has 1 saturated heterocycles. The molecule has 1 aliphatic heterocycles. The molecular formula is C15H22Cl2N2. The van der Waals surface area contributed by atoms with Crippen LogP contribution in [-0.4, -0.2) is 25.7 Å². The highest BCUT2D eigenvalue weighted by atomic mass is 35.5. The Morgan fingerprint density at radius 2 is 2.00 bits per heavy atom. The molecule has 0 bridgehead atoms. The highest BCUT2D eigenvalue weighted by Gasteiger charge is 2.28. The Kier molecular flexibility index (Phi) is 4.65. The summed E-state index contributed by atoms with van der Waals surface area (Å²) in [5.41, 5.74) is 1.28. The lowest BCUT2D eigenvalue weighted by Gasteiger charge is -2.35. The molecule has 1 aliphatic rings. The summed E-state index contributed by atoms with van der Waals surface area (Å²) in [6.07, 6.45) is 1.12. The summed E-state index contributed by atoms with van der Waals surface area (Å²) >= 11 is 12.5. The van der Waals surface area contributed by atoms with Crippen LogP contribution in [0, 0.1) is 5.41 Å². The van der Waals surface area contributed by atoms with Gasteiger partial charge in [-0.15, -0.1) is 0 Å². The quantitative estimate of drug-likeness (QED) is 0.836. The summed E-state index contributed by atoms with van der Waals surface area (Å²) in [6, 6.07) is 6.31. The fourth-order valence-corrected chi connectivity index (χ4v) is 2.87. The number of halogens is 2. The van der Waals surface area contributed by atoms with Gasteiger partial charge in [0.25, 0.3) is 0 Å². The van der Waals surface area contributed by atoms with E-state index >= 15 is 0 Å². The number of hydrogen-bond donors (Lipinski definition) is 1. The van der Waals surface area contributed by atoms with Gasteiger partial charge in [-0.05, 0) is 30.5 Å². The summed E-state index contributed by atoms with van der Waals surface area (Å²) in [5, 5.41) is 4.93. The van der Waals surface area contributed by atoms with Crippen LogP contribution in [0.1, 0.15) is 27.2 Å². The average Bonchev–Trinajstić information content (AvgIpc) is 2.58. The van der Waals surface area contributed by atoms with E-state index < -0.39 is 0 Å². The van der Waals surface area contributed by atoms with Crippen LogP contribution in [-0.2, 0) is 0 Å². The van der Waals surface area contributed by atoms with Gasteiger partial charge in [0.2, 0.25) is 0 Å². The second-order valence-electron chi connectivity index (χ2n) is 6.25. The molecule has 0 amide bonds. The lowest BCUT2D eigenvalue weighted by atomic mass is 9.86. The van der Waals surface area contributed by atoms with Gasteiger partial charge in [0.1, 0.15) is 0 Å². The Hall–Kier alpha value is -0.440. The van der Waals surface area contributed by atoms with E-state index in [0.29, 0.717) is 16.1 Å². The van der Waals surface area contributed by atoms with E-state index in [1.54, 1.807) is 0 Å². The van der Waals surface area contributed by atoms with E-state index in [9.17, 15) is 0 Å². The second kappa shape index (κ2) is 5.90. The zero-order valence-corrected chi connectivity index (χ0v) is 13.4. The maximum atomic E-state index is 6.35. The lowest BCUT2D eigenvalue weighted by molar-refractivity contribution is 0.280. The van der Waals surface area contributed by atoms with Crippen LogP contribution in [0.25, 0.3) is 0 Å². The smallest absolute Gasteiger partial charge is 0.0825 e. The number of nitrogens with one attached hydrogen (secondary N) is 1. The van der Waals surface area contributed by atoms with E-state index in [4.69, 9.17) is 23.2 Å². The monoisotopic (exact) mass is 300 g/mol. The number of anilines is 1. The molecule has 1 atom stereocenters. The minimum Gasteiger partial charge on any atom is -0.369 e. The Morgan fingerprint density at radius 3 is 2.68 bits per heavy atom. The SMILES string of the molecule is CC(C)(C)C1CN(c2cccc(Cl)c2Cl)CCCN1. The van der Waals surface area contributed by atoms with Crippen LogP contribution in [0.5, 0.6) is 0 Å². The molecule has 1 aromatic rings. The van der Waals surface area contributed by atoms with Crippen molar-refractivity contribution in [3.05, 3.63) is 28.2 Å². The first-order valence-electron chi connectivity index (χ1n) is 6.82. The first kappa shape index (κ1) is 15.0. The lowest BCUT2D eigenvalue weighted by Crippen LogP contribution is -2.46. The van der Waals surface area contributed by atoms with Crippen molar-refractivity contribution in [2.45, 2.75) is 33.2 Å². The Morgan fingerprint density at radius 1 is 1.26 bits per heavy atom. The maximum absolute atomic E-state index is 6.35. The third-order valence-electron chi connectivity index (χ3n) is 3.72. The van der Waals surface area contributed by atoms with Crippen LogP contribution in [0.2, 0.25) is 10.0 Å². The van der Waals surface area contributed by atoms with Gasteiger partial charge >= 0.3 is 0 Å². The second-order valence-corrected chi connectivity index (χ2v) is 7.03. The summed E-state index contributed by atoms with van der Waals surface area (Å²) in [5.74, 6) is 0. The topological polar surface area (TPSA) is 15.3 Å². The van der Waals surface area contributed by atoms with Crippen molar-refractivity contribution >= 4 is 28.9 Å². The van der Waals surface area contributed by atoms with Gasteiger partial charge < -0.3 is 10.2 Å². The molecule has 19 heavy (non-hydrogen) atoms. The Balaban J connectivity index is 2.25. The fraction of sp³-hybridized carbons (Fsp3) is 0.600. The standard InChI is InChI=1S/C15H22Cl2N2/c1-15(2,3)13-10-19(9-5-8-18-13)12-7-4-6-11(16)14(12)17/h4,6-7,13,18H,5,8-10H2,1-3H3. The van der Waals surface area contributed by atoms with Gasteiger partial charge in [0, 0.05) is 19.1 Å². The molecule has 1 heterocycles. The molecule has 0 aliphatic carbocycles. The van der Waals surface area contributed by atoms with Gasteiger partial charge in [-0.2, -0.15) is 0 Å². The molecule has 4 heteroatoms. The van der Waals surface area contributed by atoms with E-state index in [1.165, 1.54) is 0 Å². The number of hydrogen-bond acceptors (Lipinski definition) is 2. The van der Waals surface area contributed by atoms with Gasteiger partial charge in [0.05, 0.1) is 15.7 Å². The van der Waals surface area contributed by atoms with Gasteiger partial charge in [-0.1, -0.05) is 50.0 Å². The van der Waals surface area contributed by atoms with Crippen molar-refractivity contribution in [2.24, 2.45) is 5.41 Å². The van der Waals surface area contributed by atoms with Gasteiger partial charge in [0.15, 0.2) is 0 Å². The number of benzene rings is 1. The highest BCUT2D eigenvalue weighted by Crippen LogP contribution is 2.34. The molecule has 0 aromatic heterocycles. The molecule has 2 nitrogen and oxygen atoms in total. The van der Waals surface area contributed by atoms with Gasteiger partial charge in [-0.3, -0.25) is 0 Å². The van der Waals surface area contributed by atoms with Crippen molar-refractivity contribution < 1.29 is 0 Å². The van der Waals surface area contributed by atoms with E-state index in [1.807, 2.05) is 12.1 Å². The minimum absolute atomic E-state index is 0.230. The molecule has 106 valence electrons. The fourth-order valence-electron chi connectivity index (χ4n) is 2.46. The largest absolute Gasteiger partial charge is 0.369 e. The molecule has 0 saturated carbocycles. The van der Waals surface area contributed by atoms with Gasteiger partial charge in [-0.25, -0.2) is 0 Å². The predicted molar refractivity (Wildman–Crippen MR) is 84.5 cm³/mol. The van der Waals surface area contributed by atoms with Crippen molar-refractivity contribution in [3.63, 3.8) is 0 Å². The maximum Gasteiger partial charge on any atom is 0.0825 e. The van der Waals surface area contributed by atoms with E-state index in [0.717, 1.165) is 31.7 Å². The van der Waals surface area contributed by atoms with Crippen LogP contribution in [0.3, 0.4) is 0 Å². The van der Waals surface area contributed by atoms with E-state index in [-0.39, 0.29) is 5.41 Å². The molecule has 0 spiro atoms. The molecule has 2 rings (SSSR count). The van der Waals surface area contributed by atoms with Crippen molar-refractivity contribution in [3.8, 4) is 0 Å². The average molecular weight is 301 g/mol. The normalized spacial score (nSPS) is 21.3. The van der Waals surface area contributed by atoms with Crippen LogP contribution < -0.4 is 10.2 Å². The van der Waals surface area contributed by atoms with Crippen molar-refractivity contribution in [2.75, 3.05) is 24.5 Å². The minimum atomic E-state index is 0.230. The molecule has 1 N–H and O–H groups in total. The molecular weight excluding hydrogens is 279 g/mol. The van der Waals surface area contributed by atoms with Crippen molar-refractivity contribution in [1.29, 1.82) is 0 Å². The third kappa shape index (κ3) is 3.56. The highest BCUT2D eigenvalue weighted by molar-refractivity contribution is 6.43. The van der Waals surface area contributed by atoms with E-state index in [2.05, 4.69) is 37.1 Å². The number of nitrogens with zero attached hydrogens (tertiary/aromatic N) is 1. The van der Waals surface area contributed by atoms with Crippen molar-refractivity contribution in [1.82, 2.24) is 5.32 Å². The summed E-state index contributed by atoms with van der Waals surface area (Å²) in [6.45, 7) is 9.84. The summed E-state index contributed by atoms with van der Waals surface area (Å²) in [4.78, 5) is 2.35. The Labute approximate surface area is 126 Å². The molecule has 1 fully saturated rings. The summed E-state index contributed by atoms with van der Waals surface area (Å²) in [7, 11) is 0. The molecule has 1 aromatic carbocycles. The predicted octanol–water partition coefficient (Wildman–Crippen LogP) is 4.21. The number of rotatable bonds is 1. The van der Waals surface area contributed by atoms with Crippen LogP contribution >= 0.6 is 23.2 Å². The molecule has 0 radical (unpaired) electrons. The zero-order chi connectivity index (χ0) is 14.0. The zero-order valence-electron chi connectivity index (χ0n) is 11.8. The van der Waals surface area contributed by atoms with Crippen LogP contribution in [0.4, 0.5) is 5.69 Å².